The predicted molar refractivity (Wildman–Crippen MR) is 164 cm³/mol. The summed E-state index contributed by atoms with van der Waals surface area (Å²) in [5.41, 5.74) is 1.39. The number of halogens is 2. The van der Waals surface area contributed by atoms with Crippen molar-refractivity contribution in [2.24, 2.45) is 17.8 Å². The number of rotatable bonds is 12. The van der Waals surface area contributed by atoms with Gasteiger partial charge >= 0.3 is 5.97 Å². The van der Waals surface area contributed by atoms with Crippen LogP contribution in [0, 0.1) is 24.7 Å². The van der Waals surface area contributed by atoms with E-state index in [-0.39, 0.29) is 47.6 Å². The van der Waals surface area contributed by atoms with Gasteiger partial charge in [0.05, 0.1) is 46.5 Å². The van der Waals surface area contributed by atoms with Crippen LogP contribution in [0.25, 0.3) is 0 Å². The van der Waals surface area contributed by atoms with Gasteiger partial charge in [0, 0.05) is 16.6 Å². The molecule has 1 aromatic rings. The SMILES string of the molecule is C=CCCOC(=O)[C@H]1[C@@H]2SC3(CC2Br)C(C(=O)N(CC=C)c2c(C)cccc2Cl)N([C@@H](CO)[C@@H](C)CC)C(=O)[C@H]13. The van der Waals surface area contributed by atoms with Crippen LogP contribution in [0.3, 0.4) is 0 Å². The first-order chi connectivity index (χ1) is 19.1. The molecule has 1 N–H and O–H groups in total. The van der Waals surface area contributed by atoms with Crippen LogP contribution in [0.15, 0.2) is 43.5 Å². The van der Waals surface area contributed by atoms with Gasteiger partial charge in [0.1, 0.15) is 6.04 Å². The van der Waals surface area contributed by atoms with Gasteiger partial charge in [0.25, 0.3) is 5.91 Å². The van der Waals surface area contributed by atoms with Crippen LogP contribution in [0.4, 0.5) is 5.69 Å². The molecule has 3 saturated heterocycles. The highest BCUT2D eigenvalue weighted by molar-refractivity contribution is 9.09. The van der Waals surface area contributed by atoms with Crippen molar-refractivity contribution in [1.29, 1.82) is 0 Å². The van der Waals surface area contributed by atoms with Gasteiger partial charge in [-0.3, -0.25) is 14.4 Å². The quantitative estimate of drug-likeness (QED) is 0.145. The number of hydrogen-bond donors (Lipinski definition) is 1. The summed E-state index contributed by atoms with van der Waals surface area (Å²) in [6, 6.07) is 3.96. The number of fused-ring (bicyclic) bond motifs is 1. The summed E-state index contributed by atoms with van der Waals surface area (Å²) in [5.74, 6) is -2.50. The average Bonchev–Trinajstić information content (AvgIpc) is 3.51. The van der Waals surface area contributed by atoms with E-state index in [2.05, 4.69) is 29.1 Å². The van der Waals surface area contributed by atoms with E-state index in [1.54, 1.807) is 39.8 Å². The molecule has 0 saturated carbocycles. The molecule has 1 aromatic carbocycles. The highest BCUT2D eigenvalue weighted by Gasteiger charge is 2.77. The van der Waals surface area contributed by atoms with E-state index in [1.807, 2.05) is 32.9 Å². The van der Waals surface area contributed by atoms with Gasteiger partial charge in [0.2, 0.25) is 5.91 Å². The maximum Gasteiger partial charge on any atom is 0.310 e. The summed E-state index contributed by atoms with van der Waals surface area (Å²) in [7, 11) is 0. The molecule has 40 heavy (non-hydrogen) atoms. The van der Waals surface area contributed by atoms with E-state index >= 15 is 0 Å². The predicted octanol–water partition coefficient (Wildman–Crippen LogP) is 5.16. The van der Waals surface area contributed by atoms with Crippen molar-refractivity contribution in [3.05, 3.63) is 54.1 Å². The lowest BCUT2D eigenvalue weighted by atomic mass is 9.71. The number of hydrogen-bond acceptors (Lipinski definition) is 6. The van der Waals surface area contributed by atoms with E-state index < -0.39 is 34.6 Å². The lowest BCUT2D eigenvalue weighted by molar-refractivity contribution is -0.154. The van der Waals surface area contributed by atoms with Crippen molar-refractivity contribution >= 4 is 62.8 Å². The molecule has 8 atom stereocenters. The van der Waals surface area contributed by atoms with Gasteiger partial charge in [-0.2, -0.15) is 0 Å². The molecule has 3 aliphatic heterocycles. The number of para-hydroxylation sites is 1. The minimum absolute atomic E-state index is 0.0747. The number of aliphatic hydroxyl groups is 1. The third kappa shape index (κ3) is 5.05. The number of alkyl halides is 1. The van der Waals surface area contributed by atoms with Gasteiger partial charge in [-0.15, -0.1) is 24.9 Å². The third-order valence-corrected chi connectivity index (χ3v) is 12.2. The number of aliphatic hydroxyl groups excluding tert-OH is 1. The van der Waals surface area contributed by atoms with E-state index in [9.17, 15) is 19.5 Å². The largest absolute Gasteiger partial charge is 0.465 e. The zero-order valence-corrected chi connectivity index (χ0v) is 26.4. The summed E-state index contributed by atoms with van der Waals surface area (Å²) >= 11 is 12.0. The molecule has 2 bridgehead atoms. The van der Waals surface area contributed by atoms with Crippen LogP contribution in [0.1, 0.15) is 38.7 Å². The summed E-state index contributed by atoms with van der Waals surface area (Å²) in [6.07, 6.45) is 5.07. The fraction of sp³-hybridized carbons (Fsp3) is 0.567. The van der Waals surface area contributed by atoms with Crippen molar-refractivity contribution in [1.82, 2.24) is 4.90 Å². The number of benzene rings is 1. The fourth-order valence-corrected chi connectivity index (χ4v) is 10.6. The van der Waals surface area contributed by atoms with Crippen LogP contribution < -0.4 is 4.90 Å². The number of anilines is 1. The standard InChI is InChI=1S/C30H38BrClN2O5S/c1-6-9-14-39-29(38)22-23-27(36)34(21(16-35)17(4)8-3)26(30(23)15-19(31)25(22)40-30)28(37)33(13-7-2)24-18(5)11-10-12-20(24)32/h6-7,10-12,17,19,21-23,25-26,35H,1-2,8-9,13-16H2,3-5H3/t17-,19?,21-,22+,23-,25+,26?,30?/m0/s1. The molecule has 7 nitrogen and oxygen atoms in total. The summed E-state index contributed by atoms with van der Waals surface area (Å²) in [6.45, 7) is 13.5. The molecule has 1 spiro atoms. The second kappa shape index (κ2) is 12.6. The number of aryl methyl sites for hydroxylation is 1. The zero-order chi connectivity index (χ0) is 29.4. The van der Waals surface area contributed by atoms with Gasteiger partial charge < -0.3 is 19.6 Å². The molecule has 0 aliphatic carbocycles. The average molecular weight is 654 g/mol. The summed E-state index contributed by atoms with van der Waals surface area (Å²) in [5, 5.41) is 10.8. The lowest BCUT2D eigenvalue weighted by Gasteiger charge is -2.41. The number of nitrogens with zero attached hydrogens (tertiary/aromatic N) is 2. The number of amides is 2. The van der Waals surface area contributed by atoms with Gasteiger partial charge in [-0.05, 0) is 37.3 Å². The Hall–Kier alpha value is -1.81. The van der Waals surface area contributed by atoms with Crippen LogP contribution in [-0.4, -0.2) is 74.5 Å². The van der Waals surface area contributed by atoms with Crippen molar-refractivity contribution < 1.29 is 24.2 Å². The highest BCUT2D eigenvalue weighted by Crippen LogP contribution is 2.68. The smallest absolute Gasteiger partial charge is 0.310 e. The molecule has 4 rings (SSSR count). The van der Waals surface area contributed by atoms with E-state index in [4.69, 9.17) is 16.3 Å². The number of esters is 1. The Labute approximate surface area is 254 Å². The minimum Gasteiger partial charge on any atom is -0.465 e. The fourth-order valence-electron chi connectivity index (χ4n) is 6.66. The van der Waals surface area contributed by atoms with E-state index in [0.29, 0.717) is 30.0 Å². The lowest BCUT2D eigenvalue weighted by Crippen LogP contribution is -2.59. The van der Waals surface area contributed by atoms with E-state index in [1.165, 1.54) is 0 Å². The number of carbonyl (C=O) groups is 3. The van der Waals surface area contributed by atoms with Crippen molar-refractivity contribution in [3.8, 4) is 0 Å². The van der Waals surface area contributed by atoms with E-state index in [0.717, 1.165) is 5.56 Å². The Kier molecular flexibility index (Phi) is 9.80. The Balaban J connectivity index is 1.86. The minimum atomic E-state index is -0.909. The maximum atomic E-state index is 14.8. The van der Waals surface area contributed by atoms with Gasteiger partial charge in [-0.1, -0.05) is 72.1 Å². The first kappa shape index (κ1) is 31.1. The first-order valence-electron chi connectivity index (χ1n) is 13.8. The first-order valence-corrected chi connectivity index (χ1v) is 16.0. The molecule has 218 valence electrons. The zero-order valence-electron chi connectivity index (χ0n) is 23.2. The number of ether oxygens (including phenoxy) is 1. The number of likely N-dealkylation sites (tertiary alicyclic amines) is 1. The van der Waals surface area contributed by atoms with Crippen LogP contribution in [0.5, 0.6) is 0 Å². The second-order valence-electron chi connectivity index (χ2n) is 10.9. The number of thioether (sulfide) groups is 1. The second-order valence-corrected chi connectivity index (χ2v) is 14.1. The maximum absolute atomic E-state index is 14.8. The van der Waals surface area contributed by atoms with Crippen LogP contribution in [0.2, 0.25) is 5.02 Å². The monoisotopic (exact) mass is 652 g/mol. The molecule has 0 radical (unpaired) electrons. The molecule has 10 heteroatoms. The highest BCUT2D eigenvalue weighted by atomic mass is 79.9. The Morgan fingerprint density at radius 2 is 2.10 bits per heavy atom. The molecule has 3 aliphatic rings. The normalized spacial score (nSPS) is 30.1. The Bertz CT molecular complexity index is 1160. The molecule has 3 unspecified atom stereocenters. The Morgan fingerprint density at radius 3 is 2.70 bits per heavy atom. The van der Waals surface area contributed by atoms with Crippen LogP contribution >= 0.6 is 39.3 Å². The summed E-state index contributed by atoms with van der Waals surface area (Å²) in [4.78, 5) is 45.9. The molecular weight excluding hydrogens is 616 g/mol. The Morgan fingerprint density at radius 1 is 1.38 bits per heavy atom. The molecule has 2 amide bonds. The van der Waals surface area contributed by atoms with Crippen LogP contribution in [-0.2, 0) is 19.1 Å². The number of carbonyl (C=O) groups excluding carboxylic acids is 3. The topological polar surface area (TPSA) is 87.2 Å². The molecule has 3 fully saturated rings. The molecule has 3 heterocycles. The summed E-state index contributed by atoms with van der Waals surface area (Å²) < 4.78 is 4.73. The van der Waals surface area contributed by atoms with Gasteiger partial charge in [0.15, 0.2) is 0 Å². The van der Waals surface area contributed by atoms with Crippen molar-refractivity contribution in [2.75, 3.05) is 24.7 Å². The van der Waals surface area contributed by atoms with Gasteiger partial charge in [-0.25, -0.2) is 0 Å². The van der Waals surface area contributed by atoms with Crippen molar-refractivity contribution in [3.63, 3.8) is 0 Å². The molecular formula is C30H38BrClN2O5S. The molecule has 0 aromatic heterocycles. The third-order valence-electron chi connectivity index (χ3n) is 8.68. The van der Waals surface area contributed by atoms with Crippen molar-refractivity contribution in [2.45, 2.75) is 66.9 Å².